The van der Waals surface area contributed by atoms with Crippen molar-refractivity contribution < 1.29 is 24.0 Å². The summed E-state index contributed by atoms with van der Waals surface area (Å²) in [6.07, 6.45) is 3.60. The summed E-state index contributed by atoms with van der Waals surface area (Å²) in [6.45, 7) is 8.24. The number of halogens is 1. The fourth-order valence-electron chi connectivity index (χ4n) is 3.47. The molecule has 0 heterocycles. The van der Waals surface area contributed by atoms with Crippen molar-refractivity contribution in [1.82, 2.24) is 16.0 Å². The Morgan fingerprint density at radius 1 is 0.848 bits per heavy atom. The predicted molar refractivity (Wildman–Crippen MR) is 132 cm³/mol. The van der Waals surface area contributed by atoms with E-state index in [2.05, 4.69) is 31.9 Å². The Hall–Kier alpha value is -1.97. The van der Waals surface area contributed by atoms with Crippen LogP contribution in [0.1, 0.15) is 72.6 Å². The number of Topliss-reactive ketones (excluding diaryl/α,β-unsaturated/α-hetero) is 2. The Morgan fingerprint density at radius 2 is 1.48 bits per heavy atom. The van der Waals surface area contributed by atoms with Crippen molar-refractivity contribution in [3.8, 4) is 0 Å². The highest BCUT2D eigenvalue weighted by Crippen LogP contribution is 2.20. The molecular formula is C23H41BrN4O5. The van der Waals surface area contributed by atoms with Crippen molar-refractivity contribution in [3.05, 3.63) is 0 Å². The van der Waals surface area contributed by atoms with Crippen molar-refractivity contribution in [2.45, 2.75) is 78.7 Å². The number of rotatable bonds is 18. The lowest BCUT2D eigenvalue weighted by molar-refractivity contribution is -0.133. The van der Waals surface area contributed by atoms with Crippen molar-refractivity contribution in [1.29, 1.82) is 0 Å². The van der Waals surface area contributed by atoms with Crippen molar-refractivity contribution >= 4 is 45.3 Å². The number of urea groups is 1. The summed E-state index contributed by atoms with van der Waals surface area (Å²) < 4.78 is 0. The second kappa shape index (κ2) is 17.5. The quantitative estimate of drug-likeness (QED) is 0.158. The first-order valence-electron chi connectivity index (χ1n) is 11.7. The van der Waals surface area contributed by atoms with Crippen LogP contribution < -0.4 is 21.7 Å². The van der Waals surface area contributed by atoms with Gasteiger partial charge in [0.2, 0.25) is 11.8 Å². The van der Waals surface area contributed by atoms with E-state index in [0.717, 1.165) is 12.8 Å². The topological polar surface area (TPSA) is 147 Å². The van der Waals surface area contributed by atoms with E-state index in [0.29, 0.717) is 38.8 Å². The first kappa shape index (κ1) is 31.0. The van der Waals surface area contributed by atoms with E-state index >= 15 is 0 Å². The van der Waals surface area contributed by atoms with Crippen LogP contribution in [0.25, 0.3) is 0 Å². The molecule has 9 nitrogen and oxygen atoms in total. The molecule has 1 unspecified atom stereocenters. The number of nitrogens with two attached hydrogens (primary N) is 1. The number of alkyl halides is 1. The van der Waals surface area contributed by atoms with E-state index in [-0.39, 0.29) is 47.0 Å². The highest BCUT2D eigenvalue weighted by atomic mass is 79.9. The molecule has 0 saturated carbocycles. The lowest BCUT2D eigenvalue weighted by atomic mass is 9.84. The van der Waals surface area contributed by atoms with Crippen molar-refractivity contribution in [2.24, 2.45) is 23.5 Å². The van der Waals surface area contributed by atoms with Gasteiger partial charge in [-0.15, -0.1) is 0 Å². The lowest BCUT2D eigenvalue weighted by Gasteiger charge is -2.24. The summed E-state index contributed by atoms with van der Waals surface area (Å²) in [7, 11) is 0. The Kier molecular flexibility index (Phi) is 16.5. The molecule has 0 saturated heterocycles. The van der Waals surface area contributed by atoms with Gasteiger partial charge in [-0.3, -0.25) is 19.2 Å². The van der Waals surface area contributed by atoms with Gasteiger partial charge in [0.15, 0.2) is 5.78 Å². The second-order valence-electron chi connectivity index (χ2n) is 8.94. The molecule has 0 bridgehead atoms. The molecule has 10 heteroatoms. The van der Waals surface area contributed by atoms with Gasteiger partial charge in [-0.2, -0.15) is 0 Å². The number of hydrogen-bond acceptors (Lipinski definition) is 5. The van der Waals surface area contributed by atoms with Crippen LogP contribution >= 0.6 is 15.9 Å². The van der Waals surface area contributed by atoms with Crippen LogP contribution in [0.15, 0.2) is 0 Å². The smallest absolute Gasteiger partial charge is 0.312 e. The van der Waals surface area contributed by atoms with Crippen LogP contribution in [0.2, 0.25) is 0 Å². The van der Waals surface area contributed by atoms with Crippen LogP contribution in [-0.4, -0.2) is 53.9 Å². The normalized spacial score (nSPS) is 12.8. The molecule has 0 aliphatic carbocycles. The summed E-state index contributed by atoms with van der Waals surface area (Å²) in [4.78, 5) is 60.0. The second-order valence-corrected chi connectivity index (χ2v) is 9.50. The zero-order chi connectivity index (χ0) is 25.4. The molecule has 190 valence electrons. The molecular weight excluding hydrogens is 492 g/mol. The zero-order valence-electron chi connectivity index (χ0n) is 20.4. The summed E-state index contributed by atoms with van der Waals surface area (Å²) >= 11 is 3.08. The number of hydrogen-bond donors (Lipinski definition) is 4. The van der Waals surface area contributed by atoms with Gasteiger partial charge in [0.25, 0.3) is 0 Å². The van der Waals surface area contributed by atoms with E-state index in [1.54, 1.807) is 13.8 Å². The maximum absolute atomic E-state index is 13.0. The van der Waals surface area contributed by atoms with E-state index in [9.17, 15) is 24.0 Å². The van der Waals surface area contributed by atoms with Gasteiger partial charge in [-0.25, -0.2) is 4.79 Å². The van der Waals surface area contributed by atoms with Gasteiger partial charge >= 0.3 is 6.03 Å². The van der Waals surface area contributed by atoms with E-state index < -0.39 is 18.0 Å². The molecule has 0 radical (unpaired) electrons. The van der Waals surface area contributed by atoms with Gasteiger partial charge in [0.1, 0.15) is 5.78 Å². The highest BCUT2D eigenvalue weighted by molar-refractivity contribution is 9.09. The van der Waals surface area contributed by atoms with E-state index in [4.69, 9.17) is 5.73 Å². The molecule has 0 fully saturated rings. The monoisotopic (exact) mass is 532 g/mol. The molecule has 0 rings (SSSR count). The third kappa shape index (κ3) is 14.7. The van der Waals surface area contributed by atoms with Crippen molar-refractivity contribution in [3.63, 3.8) is 0 Å². The lowest BCUT2D eigenvalue weighted by Crippen LogP contribution is -2.45. The molecule has 33 heavy (non-hydrogen) atoms. The fourth-order valence-corrected chi connectivity index (χ4v) is 3.67. The number of nitrogens with one attached hydrogen (secondary N) is 3. The highest BCUT2D eigenvalue weighted by Gasteiger charge is 2.30. The molecule has 0 aromatic rings. The number of carbonyl (C=O) groups is 5. The van der Waals surface area contributed by atoms with Crippen molar-refractivity contribution in [2.75, 3.05) is 18.4 Å². The number of amides is 4. The van der Waals surface area contributed by atoms with E-state index in [1.165, 1.54) is 0 Å². The average Bonchev–Trinajstić information content (AvgIpc) is 2.74. The van der Waals surface area contributed by atoms with Gasteiger partial charge in [0, 0.05) is 37.8 Å². The minimum absolute atomic E-state index is 0.00302. The standard InChI is InChI=1S/C23H41BrN4O5/c1-15(2)21(28-19(30)10-6-5-7-11-26-20(31)14-24)18(29)13-17(22(32)16(3)4)9-8-12-27-23(25)33/h15-17,21H,5-14H2,1-4H3,(H,26,31)(H,28,30)(H3,25,27,33)/t17?,21-/m0/s1. The maximum atomic E-state index is 13.0. The minimum atomic E-state index is -0.651. The maximum Gasteiger partial charge on any atom is 0.312 e. The van der Waals surface area contributed by atoms with Gasteiger partial charge in [-0.05, 0) is 31.6 Å². The van der Waals surface area contributed by atoms with Gasteiger partial charge in [-0.1, -0.05) is 50.0 Å². The minimum Gasteiger partial charge on any atom is -0.355 e. The number of primary amides is 1. The Labute approximate surface area is 205 Å². The summed E-state index contributed by atoms with van der Waals surface area (Å²) in [5.74, 6) is -1.18. The Balaban J connectivity index is 4.71. The summed E-state index contributed by atoms with van der Waals surface area (Å²) in [6, 6.07) is -1.27. The van der Waals surface area contributed by atoms with Crippen LogP contribution in [-0.2, 0) is 19.2 Å². The molecule has 4 amide bonds. The molecule has 5 N–H and O–H groups in total. The van der Waals surface area contributed by atoms with Crippen LogP contribution in [0.3, 0.4) is 0 Å². The zero-order valence-corrected chi connectivity index (χ0v) is 22.0. The third-order valence-electron chi connectivity index (χ3n) is 5.30. The van der Waals surface area contributed by atoms with E-state index in [1.807, 2.05) is 13.8 Å². The number of ketones is 2. The number of carbonyl (C=O) groups excluding carboxylic acids is 5. The molecule has 0 spiro atoms. The molecule has 0 aromatic heterocycles. The summed E-state index contributed by atoms with van der Waals surface area (Å²) in [5.41, 5.74) is 5.06. The number of unbranched alkanes of at least 4 members (excludes halogenated alkanes) is 2. The Bertz CT molecular complexity index is 655. The molecule has 2 atom stereocenters. The van der Waals surface area contributed by atoms with Crippen LogP contribution in [0.4, 0.5) is 4.79 Å². The Morgan fingerprint density at radius 3 is 2.03 bits per heavy atom. The molecule has 0 aromatic carbocycles. The largest absolute Gasteiger partial charge is 0.355 e. The SMILES string of the molecule is CC(C)C(=O)C(CCCNC(N)=O)CC(=O)[C@@H](NC(=O)CCCCCNC(=O)CBr)C(C)C. The molecule has 0 aliphatic heterocycles. The summed E-state index contributed by atoms with van der Waals surface area (Å²) in [5, 5.41) is 8.36. The van der Waals surface area contributed by atoms with Gasteiger partial charge < -0.3 is 21.7 Å². The first-order valence-corrected chi connectivity index (χ1v) is 12.8. The average molecular weight is 534 g/mol. The van der Waals surface area contributed by atoms with Crippen LogP contribution in [0.5, 0.6) is 0 Å². The van der Waals surface area contributed by atoms with Gasteiger partial charge in [0.05, 0.1) is 11.4 Å². The fraction of sp³-hybridized carbons (Fsp3) is 0.783. The first-order chi connectivity index (χ1) is 15.5. The van der Waals surface area contributed by atoms with Crippen LogP contribution in [0, 0.1) is 17.8 Å². The molecule has 0 aliphatic rings. The predicted octanol–water partition coefficient (Wildman–Crippen LogP) is 2.45. The third-order valence-corrected chi connectivity index (χ3v) is 5.81.